The Morgan fingerprint density at radius 1 is 1.37 bits per heavy atom. The van der Waals surface area contributed by atoms with Crippen molar-refractivity contribution in [2.75, 3.05) is 6.61 Å². The van der Waals surface area contributed by atoms with Gasteiger partial charge >= 0.3 is 12.1 Å². The van der Waals surface area contributed by atoms with Crippen LogP contribution in [0.1, 0.15) is 48.6 Å². The Bertz CT molecular complexity index is 447. The lowest BCUT2D eigenvalue weighted by Gasteiger charge is -2.11. The zero-order valence-corrected chi connectivity index (χ0v) is 10.8. The molecule has 0 unspecified atom stereocenters. The van der Waals surface area contributed by atoms with Crippen LogP contribution < -0.4 is 0 Å². The lowest BCUT2D eigenvalue weighted by atomic mass is 10.2. The van der Waals surface area contributed by atoms with Gasteiger partial charge in [-0.1, -0.05) is 13.3 Å². The minimum Gasteiger partial charge on any atom is -0.462 e. The van der Waals surface area contributed by atoms with E-state index in [1.54, 1.807) is 0 Å². The van der Waals surface area contributed by atoms with Crippen molar-refractivity contribution in [2.24, 2.45) is 0 Å². The van der Waals surface area contributed by atoms with Crippen LogP contribution in [0.3, 0.4) is 0 Å². The van der Waals surface area contributed by atoms with Gasteiger partial charge in [0.15, 0.2) is 5.69 Å². The summed E-state index contributed by atoms with van der Waals surface area (Å²) in [6, 6.07) is 0. The summed E-state index contributed by atoms with van der Waals surface area (Å²) < 4.78 is 43.1. The summed E-state index contributed by atoms with van der Waals surface area (Å²) in [5.41, 5.74) is -1.87. The second kappa shape index (κ2) is 6.49. The average molecular weight is 276 g/mol. The third kappa shape index (κ3) is 4.18. The smallest absolute Gasteiger partial charge is 0.434 e. The first-order valence-corrected chi connectivity index (χ1v) is 6.00. The molecular formula is C12H15F3N2O2. The second-order valence-corrected chi connectivity index (χ2v) is 3.87. The molecule has 0 atom stereocenters. The quantitative estimate of drug-likeness (QED) is 0.776. The van der Waals surface area contributed by atoms with E-state index in [9.17, 15) is 18.0 Å². The van der Waals surface area contributed by atoms with E-state index < -0.39 is 23.4 Å². The van der Waals surface area contributed by atoms with Crippen molar-refractivity contribution in [2.45, 2.75) is 39.3 Å². The number of carbonyl (C=O) groups is 1. The minimum atomic E-state index is -4.70. The Labute approximate surface area is 109 Å². The highest BCUT2D eigenvalue weighted by molar-refractivity contribution is 5.90. The maximum atomic E-state index is 12.9. The van der Waals surface area contributed by atoms with E-state index in [4.69, 9.17) is 0 Å². The van der Waals surface area contributed by atoms with Gasteiger partial charge in [-0.15, -0.1) is 0 Å². The number of ether oxygens (including phenoxy) is 1. The number of alkyl halides is 3. The van der Waals surface area contributed by atoms with Gasteiger partial charge in [-0.3, -0.25) is 0 Å². The SMILES string of the molecule is CCCCc1ncc(C(=O)OCC)c(C(F)(F)F)n1. The van der Waals surface area contributed by atoms with Crippen LogP contribution in [0.2, 0.25) is 0 Å². The van der Waals surface area contributed by atoms with E-state index in [1.165, 1.54) is 6.92 Å². The topological polar surface area (TPSA) is 52.1 Å². The molecule has 0 radical (unpaired) electrons. The minimum absolute atomic E-state index is 0.00623. The number of aryl methyl sites for hydroxylation is 1. The summed E-state index contributed by atoms with van der Waals surface area (Å²) in [5.74, 6) is -0.973. The van der Waals surface area contributed by atoms with Gasteiger partial charge in [0.25, 0.3) is 0 Å². The van der Waals surface area contributed by atoms with Crippen molar-refractivity contribution in [3.05, 3.63) is 23.3 Å². The molecule has 0 aromatic carbocycles. The van der Waals surface area contributed by atoms with Gasteiger partial charge in [0.2, 0.25) is 0 Å². The van der Waals surface area contributed by atoms with Crippen LogP contribution in [0.4, 0.5) is 13.2 Å². The fourth-order valence-corrected chi connectivity index (χ4v) is 1.45. The zero-order chi connectivity index (χ0) is 14.5. The molecule has 0 saturated heterocycles. The number of nitrogens with zero attached hydrogens (tertiary/aromatic N) is 2. The van der Waals surface area contributed by atoms with E-state index in [-0.39, 0.29) is 12.4 Å². The third-order valence-electron chi connectivity index (χ3n) is 2.36. The van der Waals surface area contributed by atoms with Crippen molar-refractivity contribution in [3.8, 4) is 0 Å². The number of rotatable bonds is 5. The molecule has 1 rings (SSSR count). The largest absolute Gasteiger partial charge is 0.462 e. The van der Waals surface area contributed by atoms with Crippen LogP contribution in [0.25, 0.3) is 0 Å². The Morgan fingerprint density at radius 3 is 2.58 bits per heavy atom. The summed E-state index contributed by atoms with van der Waals surface area (Å²) in [6.07, 6.45) is -1.95. The summed E-state index contributed by atoms with van der Waals surface area (Å²) in [6.45, 7) is 3.42. The molecule has 0 fully saturated rings. The first-order valence-electron chi connectivity index (χ1n) is 6.00. The molecule has 0 aliphatic carbocycles. The zero-order valence-electron chi connectivity index (χ0n) is 10.8. The summed E-state index contributed by atoms with van der Waals surface area (Å²) in [7, 11) is 0. The van der Waals surface area contributed by atoms with E-state index in [0.717, 1.165) is 12.6 Å². The number of esters is 1. The van der Waals surface area contributed by atoms with E-state index in [1.807, 2.05) is 6.92 Å². The average Bonchev–Trinajstić information content (AvgIpc) is 2.35. The van der Waals surface area contributed by atoms with E-state index in [2.05, 4.69) is 14.7 Å². The van der Waals surface area contributed by atoms with Crippen molar-refractivity contribution >= 4 is 5.97 Å². The Kier molecular flexibility index (Phi) is 5.26. The molecule has 7 heteroatoms. The van der Waals surface area contributed by atoms with Crippen molar-refractivity contribution in [3.63, 3.8) is 0 Å². The third-order valence-corrected chi connectivity index (χ3v) is 2.36. The highest BCUT2D eigenvalue weighted by Crippen LogP contribution is 2.30. The lowest BCUT2D eigenvalue weighted by Crippen LogP contribution is -2.19. The van der Waals surface area contributed by atoms with Gasteiger partial charge in [0, 0.05) is 12.6 Å². The van der Waals surface area contributed by atoms with Gasteiger partial charge in [0.1, 0.15) is 11.4 Å². The molecule has 1 aromatic heterocycles. The fraction of sp³-hybridized carbons (Fsp3) is 0.583. The standard InChI is InChI=1S/C12H15F3N2O2/c1-3-5-6-9-16-7-8(11(18)19-4-2)10(17-9)12(13,14)15/h7H,3-6H2,1-2H3. The fourth-order valence-electron chi connectivity index (χ4n) is 1.45. The Hall–Kier alpha value is -1.66. The van der Waals surface area contributed by atoms with Gasteiger partial charge in [-0.2, -0.15) is 13.2 Å². The molecule has 0 N–H and O–H groups in total. The van der Waals surface area contributed by atoms with Crippen LogP contribution >= 0.6 is 0 Å². The Balaban J connectivity index is 3.13. The number of hydrogen-bond donors (Lipinski definition) is 0. The molecular weight excluding hydrogens is 261 g/mol. The monoisotopic (exact) mass is 276 g/mol. The number of carbonyl (C=O) groups excluding carboxylic acids is 1. The maximum absolute atomic E-state index is 12.9. The molecule has 1 aromatic rings. The second-order valence-electron chi connectivity index (χ2n) is 3.87. The van der Waals surface area contributed by atoms with Crippen molar-refractivity contribution in [1.82, 2.24) is 9.97 Å². The van der Waals surface area contributed by atoms with Gasteiger partial charge in [-0.05, 0) is 13.3 Å². The molecule has 0 aliphatic heterocycles. The molecule has 19 heavy (non-hydrogen) atoms. The molecule has 106 valence electrons. The normalized spacial score (nSPS) is 11.4. The van der Waals surface area contributed by atoms with Gasteiger partial charge in [-0.25, -0.2) is 14.8 Å². The number of aromatic nitrogens is 2. The highest BCUT2D eigenvalue weighted by Gasteiger charge is 2.38. The predicted molar refractivity (Wildman–Crippen MR) is 61.6 cm³/mol. The molecule has 0 amide bonds. The van der Waals surface area contributed by atoms with Crippen LogP contribution in [0.5, 0.6) is 0 Å². The molecule has 0 bridgehead atoms. The molecule has 0 spiro atoms. The summed E-state index contributed by atoms with van der Waals surface area (Å²) in [5, 5.41) is 0. The first-order chi connectivity index (χ1) is 8.90. The van der Waals surface area contributed by atoms with Crippen molar-refractivity contribution in [1.29, 1.82) is 0 Å². The van der Waals surface area contributed by atoms with Crippen LogP contribution in [-0.4, -0.2) is 22.5 Å². The summed E-state index contributed by atoms with van der Waals surface area (Å²) >= 11 is 0. The Morgan fingerprint density at radius 2 is 2.05 bits per heavy atom. The van der Waals surface area contributed by atoms with Gasteiger partial charge in [0.05, 0.1) is 6.61 Å². The molecule has 0 aliphatic rings. The molecule has 1 heterocycles. The summed E-state index contributed by atoms with van der Waals surface area (Å²) in [4.78, 5) is 18.7. The van der Waals surface area contributed by atoms with Crippen LogP contribution in [0, 0.1) is 0 Å². The molecule has 0 saturated carbocycles. The van der Waals surface area contributed by atoms with Crippen LogP contribution in [0.15, 0.2) is 6.20 Å². The number of unbranched alkanes of at least 4 members (excludes halogenated alkanes) is 1. The van der Waals surface area contributed by atoms with Crippen molar-refractivity contribution < 1.29 is 22.7 Å². The number of hydrogen-bond acceptors (Lipinski definition) is 4. The predicted octanol–water partition coefficient (Wildman–Crippen LogP) is 3.01. The first kappa shape index (κ1) is 15.4. The number of halogens is 3. The maximum Gasteiger partial charge on any atom is 0.434 e. The van der Waals surface area contributed by atoms with E-state index >= 15 is 0 Å². The molecule has 4 nitrogen and oxygen atoms in total. The van der Waals surface area contributed by atoms with E-state index in [0.29, 0.717) is 12.8 Å². The lowest BCUT2D eigenvalue weighted by molar-refractivity contribution is -0.142. The highest BCUT2D eigenvalue weighted by atomic mass is 19.4. The van der Waals surface area contributed by atoms with Crippen LogP contribution in [-0.2, 0) is 17.3 Å². The van der Waals surface area contributed by atoms with Gasteiger partial charge < -0.3 is 4.74 Å².